The zero-order valence-electron chi connectivity index (χ0n) is 30.1. The molecule has 2 aliphatic heterocycles. The summed E-state index contributed by atoms with van der Waals surface area (Å²) in [6.45, 7) is 18.2. The molecule has 9 nitrogen and oxygen atoms in total. The van der Waals surface area contributed by atoms with Crippen molar-refractivity contribution >= 4 is 35.0 Å². The number of carbonyl (C=O) groups excluding carboxylic acids is 4. The van der Waals surface area contributed by atoms with Gasteiger partial charge in [-0.2, -0.15) is 0 Å². The van der Waals surface area contributed by atoms with E-state index >= 15 is 0 Å². The van der Waals surface area contributed by atoms with Crippen molar-refractivity contribution in [3.05, 3.63) is 97.1 Å². The molecule has 2 aromatic rings. The Hall–Kier alpha value is -4.76. The number of amides is 4. The van der Waals surface area contributed by atoms with Crippen molar-refractivity contribution in [2.75, 3.05) is 23.0 Å². The highest BCUT2D eigenvalue weighted by Gasteiger charge is 2.58. The van der Waals surface area contributed by atoms with Gasteiger partial charge in [0.05, 0.1) is 41.7 Å². The molecule has 4 amide bonds. The van der Waals surface area contributed by atoms with E-state index in [9.17, 15) is 19.2 Å². The zero-order chi connectivity index (χ0) is 36.6. The van der Waals surface area contributed by atoms with Crippen LogP contribution in [0.25, 0.3) is 0 Å². The van der Waals surface area contributed by atoms with Gasteiger partial charge in [0.15, 0.2) is 6.29 Å². The molecule has 0 radical (unpaired) electrons. The fourth-order valence-corrected chi connectivity index (χ4v) is 8.60. The third-order valence-corrected chi connectivity index (χ3v) is 10.6. The minimum Gasteiger partial charge on any atom is -0.491 e. The van der Waals surface area contributed by atoms with Gasteiger partial charge in [-0.3, -0.25) is 29.0 Å². The summed E-state index contributed by atoms with van der Waals surface area (Å²) >= 11 is 0. The maximum atomic E-state index is 13.5. The van der Waals surface area contributed by atoms with Gasteiger partial charge in [0.1, 0.15) is 18.1 Å². The van der Waals surface area contributed by atoms with Crippen LogP contribution in [0.2, 0.25) is 0 Å². The lowest BCUT2D eigenvalue weighted by Crippen LogP contribution is -2.33. The van der Waals surface area contributed by atoms with Crippen molar-refractivity contribution in [1.82, 2.24) is 0 Å². The lowest BCUT2D eigenvalue weighted by Gasteiger charge is -2.20. The summed E-state index contributed by atoms with van der Waals surface area (Å²) in [6, 6.07) is 13.8. The van der Waals surface area contributed by atoms with E-state index in [0.717, 1.165) is 24.0 Å². The molecule has 0 N–H and O–H groups in total. The molecule has 51 heavy (non-hydrogen) atoms. The molecule has 2 saturated heterocycles. The molecular formula is C42H48N2O7. The van der Waals surface area contributed by atoms with E-state index in [0.29, 0.717) is 22.9 Å². The van der Waals surface area contributed by atoms with Gasteiger partial charge in [-0.25, -0.2) is 0 Å². The largest absolute Gasteiger partial charge is 0.491 e. The van der Waals surface area contributed by atoms with E-state index in [-0.39, 0.29) is 84.2 Å². The third kappa shape index (κ3) is 6.96. The number of fused-ring (bicyclic) bond motifs is 2. The number of carbonyl (C=O) groups is 4. The van der Waals surface area contributed by atoms with Gasteiger partial charge in [-0.1, -0.05) is 35.5 Å². The standard InChI is InChI=1S/C42H48N2O7/c1-8-27-22-29(20-24(3)4)37-35(27)39(45)43(41(37)47)31-10-14-33(15-11-31)50-19-18-49-26(7)51-34-16-12-32(13-17-34)44-40(46)36-28(9-2)23-30(21-25(5)6)38(36)42(44)48/h8-17,20-21,26-30,35-38H,1-2,18-19,22-23H2,3-7H3. The van der Waals surface area contributed by atoms with Crippen molar-refractivity contribution in [3.63, 3.8) is 0 Å². The lowest BCUT2D eigenvalue weighted by atomic mass is 9.88. The molecule has 4 aliphatic rings. The van der Waals surface area contributed by atoms with Crippen LogP contribution in [-0.4, -0.2) is 43.1 Å². The molecular weight excluding hydrogens is 644 g/mol. The molecule has 9 unspecified atom stereocenters. The number of benzene rings is 2. The number of hydrogen-bond donors (Lipinski definition) is 0. The Morgan fingerprint density at radius 1 is 0.647 bits per heavy atom. The van der Waals surface area contributed by atoms with Crippen LogP contribution in [0.5, 0.6) is 11.5 Å². The Labute approximate surface area is 300 Å². The Morgan fingerprint density at radius 3 is 1.43 bits per heavy atom. The molecule has 9 atom stereocenters. The Kier molecular flexibility index (Phi) is 10.5. The fourth-order valence-electron chi connectivity index (χ4n) is 8.60. The predicted octanol–water partition coefficient (Wildman–Crippen LogP) is 7.29. The molecule has 2 aliphatic carbocycles. The smallest absolute Gasteiger partial charge is 0.238 e. The second kappa shape index (κ2) is 14.8. The normalized spacial score (nSPS) is 28.7. The predicted molar refractivity (Wildman–Crippen MR) is 196 cm³/mol. The Balaban J connectivity index is 0.985. The van der Waals surface area contributed by atoms with Crippen LogP contribution >= 0.6 is 0 Å². The second-order valence-electron chi connectivity index (χ2n) is 14.6. The number of ether oxygens (including phenoxy) is 3. The average molecular weight is 693 g/mol. The first-order valence-corrected chi connectivity index (χ1v) is 17.9. The fraction of sp³-hybridized carbons (Fsp3) is 0.429. The maximum absolute atomic E-state index is 13.5. The summed E-state index contributed by atoms with van der Waals surface area (Å²) in [5, 5.41) is 0. The summed E-state index contributed by atoms with van der Waals surface area (Å²) in [7, 11) is 0. The molecule has 2 aromatic carbocycles. The molecule has 9 heteroatoms. The molecule has 4 fully saturated rings. The van der Waals surface area contributed by atoms with E-state index in [1.54, 1.807) is 55.5 Å². The van der Waals surface area contributed by atoms with E-state index in [2.05, 4.69) is 25.3 Å². The molecule has 2 saturated carbocycles. The number of imide groups is 2. The molecule has 6 rings (SSSR count). The molecule has 0 bridgehead atoms. The molecule has 0 aromatic heterocycles. The topological polar surface area (TPSA) is 102 Å². The zero-order valence-corrected chi connectivity index (χ0v) is 30.1. The van der Waals surface area contributed by atoms with Gasteiger partial charge in [0.2, 0.25) is 23.6 Å². The summed E-state index contributed by atoms with van der Waals surface area (Å²) < 4.78 is 17.5. The van der Waals surface area contributed by atoms with Crippen LogP contribution in [-0.2, 0) is 23.9 Å². The van der Waals surface area contributed by atoms with Crippen molar-refractivity contribution < 1.29 is 33.4 Å². The van der Waals surface area contributed by atoms with Crippen LogP contribution in [0, 0.1) is 47.3 Å². The molecule has 268 valence electrons. The summed E-state index contributed by atoms with van der Waals surface area (Å²) in [5.41, 5.74) is 3.32. The monoisotopic (exact) mass is 692 g/mol. The van der Waals surface area contributed by atoms with E-state index in [1.165, 1.54) is 9.80 Å². The van der Waals surface area contributed by atoms with Crippen molar-refractivity contribution in [3.8, 4) is 11.5 Å². The van der Waals surface area contributed by atoms with Gasteiger partial charge in [-0.05, 0) is 120 Å². The highest BCUT2D eigenvalue weighted by Crippen LogP contribution is 2.51. The lowest BCUT2D eigenvalue weighted by molar-refractivity contribution is -0.124. The van der Waals surface area contributed by atoms with Crippen LogP contribution in [0.1, 0.15) is 47.5 Å². The van der Waals surface area contributed by atoms with E-state index < -0.39 is 6.29 Å². The Bertz CT molecular complexity index is 1750. The van der Waals surface area contributed by atoms with Crippen LogP contribution in [0.15, 0.2) is 97.1 Å². The summed E-state index contributed by atoms with van der Waals surface area (Å²) in [4.78, 5) is 56.5. The van der Waals surface area contributed by atoms with E-state index in [1.807, 2.05) is 39.8 Å². The number of anilines is 2. The van der Waals surface area contributed by atoms with Gasteiger partial charge < -0.3 is 14.2 Å². The SMILES string of the molecule is C=CC1CC(C=C(C)C)C2C(=O)N(c3ccc(OCCOC(C)Oc4ccc(N5C(=O)C6C(C=C)CC(C=C(C)C)C6C5=O)cc4)cc3)C(=O)C12. The average Bonchev–Trinajstić information content (AvgIpc) is 3.79. The van der Waals surface area contributed by atoms with Gasteiger partial charge in [0, 0.05) is 0 Å². The highest BCUT2D eigenvalue weighted by molar-refractivity contribution is 6.23. The molecule has 2 heterocycles. The second-order valence-corrected chi connectivity index (χ2v) is 14.6. The van der Waals surface area contributed by atoms with E-state index in [4.69, 9.17) is 14.2 Å². The minimum atomic E-state index is -0.587. The summed E-state index contributed by atoms with van der Waals surface area (Å²) in [6.07, 6.45) is 8.79. The minimum absolute atomic E-state index is 0.0198. The van der Waals surface area contributed by atoms with Crippen molar-refractivity contribution in [2.24, 2.45) is 47.3 Å². The Morgan fingerprint density at radius 2 is 1.04 bits per heavy atom. The van der Waals surface area contributed by atoms with Crippen molar-refractivity contribution in [1.29, 1.82) is 0 Å². The first-order chi connectivity index (χ1) is 24.4. The summed E-state index contributed by atoms with van der Waals surface area (Å²) in [5.74, 6) is -1.04. The maximum Gasteiger partial charge on any atom is 0.238 e. The number of nitrogens with zero attached hydrogens (tertiary/aromatic N) is 2. The van der Waals surface area contributed by atoms with Crippen LogP contribution in [0.4, 0.5) is 11.4 Å². The van der Waals surface area contributed by atoms with Gasteiger partial charge >= 0.3 is 0 Å². The quantitative estimate of drug-likeness (QED) is 0.0940. The first-order valence-electron chi connectivity index (χ1n) is 17.9. The van der Waals surface area contributed by atoms with Gasteiger partial charge in [0.25, 0.3) is 0 Å². The third-order valence-electron chi connectivity index (χ3n) is 10.6. The molecule has 0 spiro atoms. The number of hydrogen-bond acceptors (Lipinski definition) is 7. The van der Waals surface area contributed by atoms with Crippen molar-refractivity contribution in [2.45, 2.75) is 53.8 Å². The van der Waals surface area contributed by atoms with Crippen LogP contribution < -0.4 is 19.3 Å². The van der Waals surface area contributed by atoms with Gasteiger partial charge in [-0.15, -0.1) is 13.2 Å². The first kappa shape index (κ1) is 36.0. The highest BCUT2D eigenvalue weighted by atomic mass is 16.7. The van der Waals surface area contributed by atoms with Crippen LogP contribution in [0.3, 0.4) is 0 Å². The number of rotatable bonds is 13. The number of allylic oxidation sites excluding steroid dienone is 6.